The lowest BCUT2D eigenvalue weighted by Crippen LogP contribution is -2.67. The first kappa shape index (κ1) is 23.1. The molecule has 0 saturated carbocycles. The number of pyridine rings is 1. The molecule has 3 heterocycles. The van der Waals surface area contributed by atoms with Gasteiger partial charge in [0.2, 0.25) is 11.6 Å². The minimum Gasteiger partial charge on any atom is -0.465 e. The molecule has 0 unspecified atom stereocenters. The van der Waals surface area contributed by atoms with Crippen LogP contribution in [0, 0.1) is 5.82 Å². The van der Waals surface area contributed by atoms with Crippen LogP contribution in [0.2, 0.25) is 0 Å². The molecule has 0 atom stereocenters. The number of anilines is 1. The summed E-state index contributed by atoms with van der Waals surface area (Å²) in [5.74, 6) is -3.74. The molecule has 178 valence electrons. The second kappa shape index (κ2) is 8.35. The summed E-state index contributed by atoms with van der Waals surface area (Å²) in [5.41, 5.74) is -2.26. The van der Waals surface area contributed by atoms with Gasteiger partial charge in [0.05, 0.1) is 30.9 Å². The van der Waals surface area contributed by atoms with E-state index in [9.17, 15) is 27.2 Å². The van der Waals surface area contributed by atoms with Crippen molar-refractivity contribution >= 4 is 17.7 Å². The van der Waals surface area contributed by atoms with Crippen LogP contribution in [0.15, 0.2) is 47.0 Å². The largest absolute Gasteiger partial charge is 0.470 e. The molecule has 1 aliphatic rings. The molecule has 1 aliphatic heterocycles. The quantitative estimate of drug-likeness (QED) is 0.553. The van der Waals surface area contributed by atoms with Crippen molar-refractivity contribution in [1.82, 2.24) is 20.1 Å². The number of alkyl halides is 4. The molecule has 3 aromatic rings. The third kappa shape index (κ3) is 4.51. The van der Waals surface area contributed by atoms with Crippen LogP contribution in [0.4, 0.5) is 32.4 Å². The summed E-state index contributed by atoms with van der Waals surface area (Å²) in [6, 6.07) is 7.44. The zero-order valence-electron chi connectivity index (χ0n) is 17.0. The highest BCUT2D eigenvalue weighted by Gasteiger charge is 2.54. The number of carbonyl (C=O) groups is 2. The number of benzene rings is 1. The summed E-state index contributed by atoms with van der Waals surface area (Å²) in [6.45, 7) is -1.70. The Morgan fingerprint density at radius 2 is 1.91 bits per heavy atom. The molecule has 0 radical (unpaired) electrons. The fourth-order valence-corrected chi connectivity index (χ4v) is 3.26. The van der Waals surface area contributed by atoms with Crippen LogP contribution in [0.1, 0.15) is 11.6 Å². The minimum absolute atomic E-state index is 0.00777. The van der Waals surface area contributed by atoms with Crippen molar-refractivity contribution in [2.24, 2.45) is 0 Å². The predicted octanol–water partition coefficient (Wildman–Crippen LogP) is 3.52. The molecule has 1 saturated heterocycles. The van der Waals surface area contributed by atoms with Gasteiger partial charge in [-0.2, -0.15) is 13.2 Å². The molecule has 14 heteroatoms. The van der Waals surface area contributed by atoms with E-state index in [1.807, 2.05) is 0 Å². The first-order valence-electron chi connectivity index (χ1n) is 9.56. The highest BCUT2D eigenvalue weighted by molar-refractivity contribution is 6.01. The third-order valence-electron chi connectivity index (χ3n) is 4.96. The van der Waals surface area contributed by atoms with Gasteiger partial charge in [-0.1, -0.05) is 6.07 Å². The third-order valence-corrected chi connectivity index (χ3v) is 4.96. The second-order valence-electron chi connectivity index (χ2n) is 7.42. The van der Waals surface area contributed by atoms with Crippen LogP contribution in [0.5, 0.6) is 0 Å². The molecule has 0 bridgehead atoms. The number of carboxylic acid groups (broad SMARTS) is 1. The van der Waals surface area contributed by atoms with Crippen LogP contribution in [0.25, 0.3) is 11.5 Å². The van der Waals surface area contributed by atoms with Crippen LogP contribution in [-0.2, 0) is 17.5 Å². The van der Waals surface area contributed by atoms with Gasteiger partial charge in [-0.3, -0.25) is 9.78 Å². The molecule has 1 aromatic carbocycles. The van der Waals surface area contributed by atoms with Crippen molar-refractivity contribution in [3.05, 3.63) is 60.0 Å². The maximum atomic E-state index is 15.1. The Kier molecular flexibility index (Phi) is 5.67. The van der Waals surface area contributed by atoms with Gasteiger partial charge in [-0.05, 0) is 30.3 Å². The van der Waals surface area contributed by atoms with Crippen molar-refractivity contribution in [2.75, 3.05) is 18.0 Å². The van der Waals surface area contributed by atoms with Crippen molar-refractivity contribution < 1.29 is 41.1 Å². The van der Waals surface area contributed by atoms with Crippen molar-refractivity contribution in [2.45, 2.75) is 18.4 Å². The van der Waals surface area contributed by atoms with Gasteiger partial charge >= 0.3 is 18.2 Å². The lowest BCUT2D eigenvalue weighted by atomic mass is 9.94. The molecular formula is C20H14F5N5O4. The maximum Gasteiger partial charge on any atom is 0.470 e. The maximum absolute atomic E-state index is 15.1. The van der Waals surface area contributed by atoms with Crippen molar-refractivity contribution in [3.8, 4) is 11.5 Å². The fraction of sp³-hybridized carbons (Fsp3) is 0.250. The van der Waals surface area contributed by atoms with E-state index < -0.39 is 54.5 Å². The Morgan fingerprint density at radius 3 is 2.47 bits per heavy atom. The van der Waals surface area contributed by atoms with Gasteiger partial charge in [-0.15, -0.1) is 10.2 Å². The van der Waals surface area contributed by atoms with Crippen LogP contribution >= 0.6 is 0 Å². The molecule has 1 N–H and O–H groups in total. The van der Waals surface area contributed by atoms with E-state index in [-0.39, 0.29) is 23.5 Å². The Hall–Kier alpha value is -4.10. The van der Waals surface area contributed by atoms with Gasteiger partial charge in [0.25, 0.3) is 5.91 Å². The molecule has 34 heavy (non-hydrogen) atoms. The Bertz CT molecular complexity index is 1220. The smallest absolute Gasteiger partial charge is 0.465 e. The minimum atomic E-state index is -4.81. The van der Waals surface area contributed by atoms with E-state index in [0.717, 1.165) is 23.2 Å². The Morgan fingerprint density at radius 1 is 1.18 bits per heavy atom. The number of halogens is 5. The van der Waals surface area contributed by atoms with E-state index in [1.54, 1.807) is 0 Å². The second-order valence-corrected chi connectivity index (χ2v) is 7.42. The number of nitrogens with zero attached hydrogens (tertiary/aromatic N) is 5. The number of carbonyl (C=O) groups excluding carboxylic acids is 1. The number of aromatic nitrogens is 3. The van der Waals surface area contributed by atoms with E-state index in [1.165, 1.54) is 24.3 Å². The van der Waals surface area contributed by atoms with Crippen LogP contribution < -0.4 is 4.90 Å². The average molecular weight is 483 g/mol. The SMILES string of the molecule is O=C(O)N1CC(F)(C(=O)N(Cc2ccc(-c3nnc(C(F)(F)F)o3)cn2)c2cccc(F)c2)C1. The summed E-state index contributed by atoms with van der Waals surface area (Å²) in [4.78, 5) is 29.6. The molecule has 2 amide bonds. The summed E-state index contributed by atoms with van der Waals surface area (Å²) in [7, 11) is 0. The number of likely N-dealkylation sites (tertiary alicyclic amines) is 1. The first-order chi connectivity index (χ1) is 16.0. The lowest BCUT2D eigenvalue weighted by molar-refractivity contribution is -0.157. The molecule has 1 fully saturated rings. The first-order valence-corrected chi connectivity index (χ1v) is 9.56. The summed E-state index contributed by atoms with van der Waals surface area (Å²) in [6.07, 6.45) is -5.08. The van der Waals surface area contributed by atoms with Gasteiger partial charge in [0.15, 0.2) is 0 Å². The number of amides is 2. The number of rotatable bonds is 5. The summed E-state index contributed by atoms with van der Waals surface area (Å²) in [5, 5.41) is 15.2. The molecule has 0 aliphatic carbocycles. The lowest BCUT2D eigenvalue weighted by Gasteiger charge is -2.43. The molecular weight excluding hydrogens is 469 g/mol. The van der Waals surface area contributed by atoms with Crippen LogP contribution in [0.3, 0.4) is 0 Å². The van der Waals surface area contributed by atoms with E-state index in [2.05, 4.69) is 19.6 Å². The average Bonchev–Trinajstić information content (AvgIpc) is 3.26. The zero-order valence-corrected chi connectivity index (χ0v) is 17.0. The van der Waals surface area contributed by atoms with Gasteiger partial charge in [-0.25, -0.2) is 13.6 Å². The summed E-state index contributed by atoms with van der Waals surface area (Å²) < 4.78 is 71.4. The molecule has 0 spiro atoms. The fourth-order valence-electron chi connectivity index (χ4n) is 3.26. The Labute approximate surface area is 187 Å². The van der Waals surface area contributed by atoms with Crippen molar-refractivity contribution in [1.29, 1.82) is 0 Å². The molecule has 9 nitrogen and oxygen atoms in total. The Balaban J connectivity index is 1.58. The van der Waals surface area contributed by atoms with E-state index in [0.29, 0.717) is 4.90 Å². The number of hydrogen-bond acceptors (Lipinski definition) is 6. The van der Waals surface area contributed by atoms with E-state index in [4.69, 9.17) is 5.11 Å². The predicted molar refractivity (Wildman–Crippen MR) is 104 cm³/mol. The van der Waals surface area contributed by atoms with Crippen molar-refractivity contribution in [3.63, 3.8) is 0 Å². The highest BCUT2D eigenvalue weighted by Crippen LogP contribution is 2.32. The normalized spacial score (nSPS) is 15.0. The summed E-state index contributed by atoms with van der Waals surface area (Å²) >= 11 is 0. The van der Waals surface area contributed by atoms with Gasteiger partial charge in [0.1, 0.15) is 5.82 Å². The van der Waals surface area contributed by atoms with E-state index >= 15 is 4.39 Å². The molecule has 2 aromatic heterocycles. The molecule has 4 rings (SSSR count). The zero-order chi connectivity index (χ0) is 24.7. The van der Waals surface area contributed by atoms with Gasteiger partial charge in [0, 0.05) is 11.9 Å². The standard InChI is InChI=1S/C20H14F5N5O4/c21-12-2-1-3-14(6-12)30(17(31)19(22)9-29(10-19)18(32)33)8-13-5-4-11(7-26-13)15-27-28-16(34-15)20(23,24)25/h1-7H,8-10H2,(H,32,33). The topological polar surface area (TPSA) is 113 Å². The van der Waals surface area contributed by atoms with Crippen LogP contribution in [-0.4, -0.2) is 55.9 Å². The highest BCUT2D eigenvalue weighted by atomic mass is 19.4. The monoisotopic (exact) mass is 483 g/mol. The van der Waals surface area contributed by atoms with Gasteiger partial charge < -0.3 is 19.3 Å². The number of hydrogen-bond donors (Lipinski definition) is 1.